The van der Waals surface area contributed by atoms with Gasteiger partial charge >= 0.3 is 0 Å². The minimum Gasteiger partial charge on any atom is -0.312 e. The predicted octanol–water partition coefficient (Wildman–Crippen LogP) is 2.54. The van der Waals surface area contributed by atoms with Crippen molar-refractivity contribution < 1.29 is 14.4 Å². The fraction of sp³-hybridized carbons (Fsp3) is 0.167. The van der Waals surface area contributed by atoms with Crippen LogP contribution in [0.15, 0.2) is 48.5 Å². The van der Waals surface area contributed by atoms with Crippen LogP contribution in [0.1, 0.15) is 33.6 Å². The van der Waals surface area contributed by atoms with Gasteiger partial charge in [-0.1, -0.05) is 11.6 Å². The second kappa shape index (κ2) is 7.36. The van der Waals surface area contributed by atoms with Gasteiger partial charge in [0.1, 0.15) is 0 Å². The summed E-state index contributed by atoms with van der Waals surface area (Å²) in [5.74, 6) is -0.793. The zero-order valence-electron chi connectivity index (χ0n) is 13.3. The average molecular weight is 358 g/mol. The van der Waals surface area contributed by atoms with Gasteiger partial charge in [-0.3, -0.25) is 25.2 Å². The molecule has 1 aliphatic heterocycles. The Balaban J connectivity index is 1.58. The maximum Gasteiger partial charge on any atom is 0.269 e. The topological polar surface area (TPSA) is 78.5 Å². The SMILES string of the molecule is O=C(NNC(=O)c1ccc(N2CCCC2=O)cc1)c1ccc(Cl)cc1. The van der Waals surface area contributed by atoms with Gasteiger partial charge in [-0.2, -0.15) is 0 Å². The number of amides is 3. The van der Waals surface area contributed by atoms with E-state index >= 15 is 0 Å². The number of carbonyl (C=O) groups is 3. The Morgan fingerprint density at radius 2 is 1.40 bits per heavy atom. The summed E-state index contributed by atoms with van der Waals surface area (Å²) in [6.45, 7) is 0.696. The van der Waals surface area contributed by atoms with Crippen molar-refractivity contribution in [3.63, 3.8) is 0 Å². The number of carbonyl (C=O) groups excluding carboxylic acids is 3. The summed E-state index contributed by atoms with van der Waals surface area (Å²) in [6.07, 6.45) is 1.40. The fourth-order valence-corrected chi connectivity index (χ4v) is 2.70. The maximum atomic E-state index is 12.1. The van der Waals surface area contributed by atoms with Crippen molar-refractivity contribution in [2.24, 2.45) is 0 Å². The highest BCUT2D eigenvalue weighted by Crippen LogP contribution is 2.21. The summed E-state index contributed by atoms with van der Waals surface area (Å²) >= 11 is 5.77. The van der Waals surface area contributed by atoms with Crippen LogP contribution in [-0.2, 0) is 4.79 Å². The van der Waals surface area contributed by atoms with E-state index in [0.717, 1.165) is 12.1 Å². The van der Waals surface area contributed by atoms with E-state index in [1.807, 2.05) is 0 Å². The van der Waals surface area contributed by atoms with Crippen molar-refractivity contribution in [3.05, 3.63) is 64.7 Å². The van der Waals surface area contributed by atoms with Crippen molar-refractivity contribution in [3.8, 4) is 0 Å². The lowest BCUT2D eigenvalue weighted by Gasteiger charge is -2.15. The molecule has 128 valence electrons. The van der Waals surface area contributed by atoms with E-state index in [4.69, 9.17) is 11.6 Å². The highest BCUT2D eigenvalue weighted by molar-refractivity contribution is 6.30. The van der Waals surface area contributed by atoms with Crippen LogP contribution in [0.25, 0.3) is 0 Å². The molecule has 0 unspecified atom stereocenters. The quantitative estimate of drug-likeness (QED) is 0.828. The zero-order chi connectivity index (χ0) is 17.8. The van der Waals surface area contributed by atoms with Crippen molar-refractivity contribution in [2.75, 3.05) is 11.4 Å². The van der Waals surface area contributed by atoms with Crippen LogP contribution < -0.4 is 15.8 Å². The molecule has 2 N–H and O–H groups in total. The summed E-state index contributed by atoms with van der Waals surface area (Å²) in [5, 5.41) is 0.525. The number of nitrogens with one attached hydrogen (secondary N) is 2. The lowest BCUT2D eigenvalue weighted by atomic mass is 10.2. The first-order chi connectivity index (χ1) is 12.0. The summed E-state index contributed by atoms with van der Waals surface area (Å²) in [4.78, 5) is 37.5. The van der Waals surface area contributed by atoms with Gasteiger partial charge in [0.05, 0.1) is 0 Å². The Labute approximate surface area is 149 Å². The van der Waals surface area contributed by atoms with Crippen LogP contribution in [0.3, 0.4) is 0 Å². The molecule has 0 aromatic heterocycles. The summed E-state index contributed by atoms with van der Waals surface area (Å²) in [6, 6.07) is 13.0. The summed E-state index contributed by atoms with van der Waals surface area (Å²) in [7, 11) is 0. The molecule has 0 bridgehead atoms. The molecule has 6 nitrogen and oxygen atoms in total. The van der Waals surface area contributed by atoms with Gasteiger partial charge in [0.2, 0.25) is 5.91 Å². The van der Waals surface area contributed by atoms with Crippen LogP contribution in [0.4, 0.5) is 5.69 Å². The monoisotopic (exact) mass is 357 g/mol. The van der Waals surface area contributed by atoms with Crippen LogP contribution in [0.2, 0.25) is 5.02 Å². The van der Waals surface area contributed by atoms with Crippen LogP contribution >= 0.6 is 11.6 Å². The maximum absolute atomic E-state index is 12.1. The van der Waals surface area contributed by atoms with Crippen molar-refractivity contribution in [2.45, 2.75) is 12.8 Å². The Bertz CT molecular complexity index is 803. The number of rotatable bonds is 3. The Morgan fingerprint density at radius 1 is 0.880 bits per heavy atom. The summed E-state index contributed by atoms with van der Waals surface area (Å²) in [5.41, 5.74) is 6.24. The fourth-order valence-electron chi connectivity index (χ4n) is 2.57. The van der Waals surface area contributed by atoms with Crippen molar-refractivity contribution in [1.29, 1.82) is 0 Å². The Kier molecular flexibility index (Phi) is 5.00. The second-order valence-electron chi connectivity index (χ2n) is 5.61. The van der Waals surface area contributed by atoms with E-state index in [1.165, 1.54) is 0 Å². The third-order valence-electron chi connectivity index (χ3n) is 3.91. The minimum absolute atomic E-state index is 0.0902. The smallest absolute Gasteiger partial charge is 0.269 e. The molecule has 0 atom stereocenters. The molecule has 1 saturated heterocycles. The van der Waals surface area contributed by atoms with E-state index in [2.05, 4.69) is 10.9 Å². The highest BCUT2D eigenvalue weighted by atomic mass is 35.5. The van der Waals surface area contributed by atoms with E-state index in [0.29, 0.717) is 29.1 Å². The number of hydrogen-bond donors (Lipinski definition) is 2. The zero-order valence-corrected chi connectivity index (χ0v) is 14.0. The predicted molar refractivity (Wildman–Crippen MR) is 94.4 cm³/mol. The van der Waals surface area contributed by atoms with Gasteiger partial charge in [-0.25, -0.2) is 0 Å². The number of benzene rings is 2. The normalized spacial score (nSPS) is 13.6. The van der Waals surface area contributed by atoms with Crippen LogP contribution in [0, 0.1) is 0 Å². The first kappa shape index (κ1) is 17.0. The molecule has 2 aromatic carbocycles. The van der Waals surface area contributed by atoms with Gasteiger partial charge in [0.25, 0.3) is 11.8 Å². The molecule has 1 fully saturated rings. The van der Waals surface area contributed by atoms with Gasteiger partial charge in [0, 0.05) is 34.8 Å². The number of hydrazine groups is 1. The van der Waals surface area contributed by atoms with Crippen LogP contribution in [-0.4, -0.2) is 24.3 Å². The van der Waals surface area contributed by atoms with E-state index in [-0.39, 0.29) is 5.91 Å². The molecule has 1 heterocycles. The van der Waals surface area contributed by atoms with E-state index in [9.17, 15) is 14.4 Å². The van der Waals surface area contributed by atoms with Gasteiger partial charge < -0.3 is 4.90 Å². The molecule has 2 aromatic rings. The molecular weight excluding hydrogens is 342 g/mol. The molecule has 3 rings (SSSR count). The second-order valence-corrected chi connectivity index (χ2v) is 6.05. The Morgan fingerprint density at radius 3 is 1.88 bits per heavy atom. The molecule has 0 saturated carbocycles. The average Bonchev–Trinajstić information content (AvgIpc) is 3.06. The molecule has 0 spiro atoms. The number of hydrogen-bond acceptors (Lipinski definition) is 3. The highest BCUT2D eigenvalue weighted by Gasteiger charge is 2.21. The molecule has 25 heavy (non-hydrogen) atoms. The molecule has 1 aliphatic rings. The molecule has 3 amide bonds. The van der Waals surface area contributed by atoms with Gasteiger partial charge in [-0.05, 0) is 55.0 Å². The largest absolute Gasteiger partial charge is 0.312 e. The molecule has 0 radical (unpaired) electrons. The number of nitrogens with zero attached hydrogens (tertiary/aromatic N) is 1. The lowest BCUT2D eigenvalue weighted by Crippen LogP contribution is -2.41. The van der Waals surface area contributed by atoms with Crippen LogP contribution in [0.5, 0.6) is 0 Å². The number of halogens is 1. The number of anilines is 1. The molecule has 7 heteroatoms. The Hall–Kier alpha value is -2.86. The standard InChI is InChI=1S/C18H16ClN3O3/c19-14-7-3-12(4-8-14)17(24)20-21-18(25)13-5-9-15(10-6-13)22-11-1-2-16(22)23/h3-10H,1-2,11H2,(H,20,24)(H,21,25). The van der Waals surface area contributed by atoms with Gasteiger partial charge in [0.15, 0.2) is 0 Å². The van der Waals surface area contributed by atoms with Crippen molar-refractivity contribution in [1.82, 2.24) is 10.9 Å². The lowest BCUT2D eigenvalue weighted by molar-refractivity contribution is -0.117. The van der Waals surface area contributed by atoms with E-state index in [1.54, 1.807) is 53.4 Å². The van der Waals surface area contributed by atoms with Gasteiger partial charge in [-0.15, -0.1) is 0 Å². The third kappa shape index (κ3) is 3.97. The van der Waals surface area contributed by atoms with Crippen molar-refractivity contribution >= 4 is 35.0 Å². The first-order valence-electron chi connectivity index (χ1n) is 7.81. The molecule has 0 aliphatic carbocycles. The first-order valence-corrected chi connectivity index (χ1v) is 8.19. The van der Waals surface area contributed by atoms with E-state index < -0.39 is 11.8 Å². The third-order valence-corrected chi connectivity index (χ3v) is 4.16. The molecular formula is C18H16ClN3O3. The minimum atomic E-state index is -0.443. The summed E-state index contributed by atoms with van der Waals surface area (Å²) < 4.78 is 0.